The number of Topliss-reactive ketones (excluding diaryl/α,β-unsaturated/α-hetero) is 1. The van der Waals surface area contributed by atoms with Crippen molar-refractivity contribution >= 4 is 17.4 Å². The van der Waals surface area contributed by atoms with Gasteiger partial charge in [0.2, 0.25) is 0 Å². The molecule has 2 aromatic rings. The fourth-order valence-electron chi connectivity index (χ4n) is 2.72. The van der Waals surface area contributed by atoms with Crippen LogP contribution in [0.25, 0.3) is 0 Å². The Morgan fingerprint density at radius 2 is 2.04 bits per heavy atom. The lowest BCUT2D eigenvalue weighted by atomic mass is 9.96. The van der Waals surface area contributed by atoms with Crippen LogP contribution in [-0.4, -0.2) is 12.4 Å². The molecule has 3 nitrogen and oxygen atoms in total. The Kier molecular flexibility index (Phi) is 4.64. The first-order valence-corrected chi connectivity index (χ1v) is 7.92. The average molecular weight is 371 g/mol. The third-order valence-corrected chi connectivity index (χ3v) is 4.18. The van der Waals surface area contributed by atoms with E-state index < -0.39 is 11.7 Å². The van der Waals surface area contributed by atoms with Gasteiger partial charge >= 0.3 is 6.18 Å². The van der Waals surface area contributed by atoms with Crippen molar-refractivity contribution in [2.24, 2.45) is 0 Å². The van der Waals surface area contributed by atoms with Gasteiger partial charge in [0.05, 0.1) is 17.2 Å². The van der Waals surface area contributed by atoms with Gasteiger partial charge in [0.15, 0.2) is 0 Å². The van der Waals surface area contributed by atoms with Crippen molar-refractivity contribution in [2.75, 3.05) is 6.61 Å². The predicted octanol–water partition coefficient (Wildman–Crippen LogP) is 5.61. The fourth-order valence-corrected chi connectivity index (χ4v) is 2.94. The molecule has 1 atom stereocenters. The third kappa shape index (κ3) is 3.90. The van der Waals surface area contributed by atoms with Crippen molar-refractivity contribution in [3.63, 3.8) is 0 Å². The van der Waals surface area contributed by atoms with Gasteiger partial charge in [0.25, 0.3) is 0 Å². The lowest BCUT2D eigenvalue weighted by Gasteiger charge is -2.12. The minimum absolute atomic E-state index is 0.0104. The molecule has 7 heteroatoms. The molecule has 2 aromatic carbocycles. The van der Waals surface area contributed by atoms with Crippen molar-refractivity contribution in [1.82, 2.24) is 0 Å². The first kappa shape index (κ1) is 17.6. The van der Waals surface area contributed by atoms with Gasteiger partial charge in [0, 0.05) is 24.0 Å². The number of carbonyl (C=O) groups excluding carboxylic acids is 1. The van der Waals surface area contributed by atoms with E-state index in [1.54, 1.807) is 18.2 Å². The lowest BCUT2D eigenvalue weighted by molar-refractivity contribution is -0.137. The van der Waals surface area contributed by atoms with E-state index in [2.05, 4.69) is 0 Å². The van der Waals surface area contributed by atoms with Crippen molar-refractivity contribution in [3.8, 4) is 17.2 Å². The SMILES string of the molecule is CC(=O)CC1COc2cc(Oc3ccc(C(F)(F)F)cc3Cl)ccc21. The fraction of sp³-hybridized carbons (Fsp3) is 0.278. The first-order chi connectivity index (χ1) is 11.7. The van der Waals surface area contributed by atoms with Crippen LogP contribution in [-0.2, 0) is 11.0 Å². The van der Waals surface area contributed by atoms with E-state index in [-0.39, 0.29) is 22.5 Å². The highest BCUT2D eigenvalue weighted by atomic mass is 35.5. The first-order valence-electron chi connectivity index (χ1n) is 7.55. The number of hydrogen-bond acceptors (Lipinski definition) is 3. The molecule has 0 amide bonds. The highest BCUT2D eigenvalue weighted by molar-refractivity contribution is 6.32. The maximum atomic E-state index is 12.7. The zero-order valence-electron chi connectivity index (χ0n) is 13.2. The standard InChI is InChI=1S/C18H14ClF3O3/c1-10(23)6-11-9-24-17-8-13(3-4-14(11)17)25-16-5-2-12(7-15(16)19)18(20,21)22/h2-5,7-8,11H,6,9H2,1H3. The highest BCUT2D eigenvalue weighted by Gasteiger charge is 2.31. The van der Waals surface area contributed by atoms with E-state index in [9.17, 15) is 18.0 Å². The molecular formula is C18H14ClF3O3. The number of ketones is 1. The lowest BCUT2D eigenvalue weighted by Crippen LogP contribution is -2.05. The average Bonchev–Trinajstić information content (AvgIpc) is 2.90. The van der Waals surface area contributed by atoms with E-state index in [0.29, 0.717) is 24.5 Å². The Labute approximate surface area is 147 Å². The second-order valence-electron chi connectivity index (χ2n) is 5.86. The van der Waals surface area contributed by atoms with Crippen LogP contribution in [0.1, 0.15) is 30.4 Å². The summed E-state index contributed by atoms with van der Waals surface area (Å²) in [5.41, 5.74) is 0.0790. The van der Waals surface area contributed by atoms with Crippen LogP contribution in [0.15, 0.2) is 36.4 Å². The van der Waals surface area contributed by atoms with Crippen LogP contribution < -0.4 is 9.47 Å². The van der Waals surface area contributed by atoms with E-state index in [1.807, 2.05) is 0 Å². The van der Waals surface area contributed by atoms with Gasteiger partial charge in [-0.3, -0.25) is 0 Å². The molecule has 1 aliphatic rings. The molecule has 3 rings (SSSR count). The molecule has 0 aromatic heterocycles. The summed E-state index contributed by atoms with van der Waals surface area (Å²) in [6, 6.07) is 8.02. The summed E-state index contributed by atoms with van der Waals surface area (Å²) in [4.78, 5) is 11.3. The van der Waals surface area contributed by atoms with Gasteiger partial charge in [0.1, 0.15) is 23.0 Å². The number of benzene rings is 2. The van der Waals surface area contributed by atoms with Crippen LogP contribution in [0.5, 0.6) is 17.2 Å². The Bertz CT molecular complexity index is 818. The minimum atomic E-state index is -4.46. The molecule has 0 aliphatic carbocycles. The molecule has 0 saturated heterocycles. The van der Waals surface area contributed by atoms with Crippen LogP contribution in [0, 0.1) is 0 Å². The van der Waals surface area contributed by atoms with Gasteiger partial charge in [-0.25, -0.2) is 0 Å². The predicted molar refractivity (Wildman–Crippen MR) is 86.5 cm³/mol. The molecule has 0 bridgehead atoms. The second-order valence-corrected chi connectivity index (χ2v) is 6.27. The van der Waals surface area contributed by atoms with Gasteiger partial charge in [-0.2, -0.15) is 13.2 Å². The Balaban J connectivity index is 1.80. The maximum absolute atomic E-state index is 12.7. The van der Waals surface area contributed by atoms with Crippen molar-refractivity contribution < 1.29 is 27.4 Å². The number of ether oxygens (including phenoxy) is 2. The molecule has 25 heavy (non-hydrogen) atoms. The summed E-state index contributed by atoms with van der Waals surface area (Å²) < 4.78 is 49.1. The summed E-state index contributed by atoms with van der Waals surface area (Å²) in [6.45, 7) is 1.95. The molecule has 0 N–H and O–H groups in total. The number of fused-ring (bicyclic) bond motifs is 1. The quantitative estimate of drug-likeness (QED) is 0.702. The van der Waals surface area contributed by atoms with Crippen LogP contribution in [0.4, 0.5) is 13.2 Å². The van der Waals surface area contributed by atoms with Gasteiger partial charge in [-0.05, 0) is 31.2 Å². The number of rotatable bonds is 4. The van der Waals surface area contributed by atoms with E-state index in [0.717, 1.165) is 17.7 Å². The molecule has 1 aliphatic heterocycles. The molecule has 0 fully saturated rings. The Morgan fingerprint density at radius 1 is 1.28 bits per heavy atom. The van der Waals surface area contributed by atoms with Crippen LogP contribution in [0.3, 0.4) is 0 Å². The minimum Gasteiger partial charge on any atom is -0.492 e. The van der Waals surface area contributed by atoms with Crippen molar-refractivity contribution in [1.29, 1.82) is 0 Å². The summed E-state index contributed by atoms with van der Waals surface area (Å²) in [5, 5.41) is -0.134. The van der Waals surface area contributed by atoms with Crippen LogP contribution in [0.2, 0.25) is 5.02 Å². The Hall–Kier alpha value is -2.21. The largest absolute Gasteiger partial charge is 0.492 e. The topological polar surface area (TPSA) is 35.5 Å². The van der Waals surface area contributed by atoms with Crippen molar-refractivity contribution in [2.45, 2.75) is 25.4 Å². The number of halogens is 4. The molecule has 0 saturated carbocycles. The molecule has 1 heterocycles. The van der Waals surface area contributed by atoms with E-state index in [1.165, 1.54) is 13.0 Å². The van der Waals surface area contributed by atoms with Gasteiger partial charge in [-0.15, -0.1) is 0 Å². The maximum Gasteiger partial charge on any atom is 0.416 e. The smallest absolute Gasteiger partial charge is 0.416 e. The van der Waals surface area contributed by atoms with E-state index >= 15 is 0 Å². The number of hydrogen-bond donors (Lipinski definition) is 0. The summed E-state index contributed by atoms with van der Waals surface area (Å²) >= 11 is 5.89. The zero-order chi connectivity index (χ0) is 18.2. The number of carbonyl (C=O) groups is 1. The summed E-state index contributed by atoms with van der Waals surface area (Å²) in [7, 11) is 0. The van der Waals surface area contributed by atoms with Gasteiger partial charge in [-0.1, -0.05) is 17.7 Å². The second kappa shape index (κ2) is 6.59. The van der Waals surface area contributed by atoms with Gasteiger partial charge < -0.3 is 14.3 Å². The molecule has 0 radical (unpaired) electrons. The van der Waals surface area contributed by atoms with Crippen molar-refractivity contribution in [3.05, 3.63) is 52.5 Å². The normalized spacial score (nSPS) is 16.3. The monoisotopic (exact) mass is 370 g/mol. The highest BCUT2D eigenvalue weighted by Crippen LogP contribution is 2.41. The Morgan fingerprint density at radius 3 is 2.68 bits per heavy atom. The summed E-state index contributed by atoms with van der Waals surface area (Å²) in [6.07, 6.45) is -4.06. The van der Waals surface area contributed by atoms with Crippen LogP contribution >= 0.6 is 11.6 Å². The molecule has 1 unspecified atom stereocenters. The number of alkyl halides is 3. The molecular weight excluding hydrogens is 357 g/mol. The summed E-state index contributed by atoms with van der Waals surface area (Å²) in [5.74, 6) is 1.21. The molecule has 0 spiro atoms. The zero-order valence-corrected chi connectivity index (χ0v) is 13.9. The third-order valence-electron chi connectivity index (χ3n) is 3.89. The van der Waals surface area contributed by atoms with E-state index in [4.69, 9.17) is 21.1 Å². The molecule has 132 valence electrons.